The molecule has 7 heteroatoms. The summed E-state index contributed by atoms with van der Waals surface area (Å²) in [6.45, 7) is 1.84. The number of aromatic amines is 1. The zero-order valence-electron chi connectivity index (χ0n) is 16.9. The van der Waals surface area contributed by atoms with Crippen LogP contribution in [0.4, 0.5) is 4.39 Å². The molecule has 5 nitrogen and oxygen atoms in total. The number of hydrogen-bond acceptors (Lipinski definition) is 4. The molecule has 0 saturated carbocycles. The number of ether oxygens (including phenoxy) is 1. The van der Waals surface area contributed by atoms with Crippen molar-refractivity contribution in [3.05, 3.63) is 82.2 Å². The number of nitrogens with one attached hydrogen (secondary N) is 1. The van der Waals surface area contributed by atoms with Gasteiger partial charge in [-0.15, -0.1) is 11.3 Å². The Labute approximate surface area is 183 Å². The number of thiazole rings is 1. The van der Waals surface area contributed by atoms with Crippen molar-refractivity contribution in [1.29, 1.82) is 0 Å². The number of nitrogens with zero attached hydrogens (tertiary/aromatic N) is 2. The summed E-state index contributed by atoms with van der Waals surface area (Å²) in [5.41, 5.74) is 5.38. The highest BCUT2D eigenvalue weighted by Crippen LogP contribution is 2.33. The van der Waals surface area contributed by atoms with Gasteiger partial charge in [0.2, 0.25) is 0 Å². The summed E-state index contributed by atoms with van der Waals surface area (Å²) in [5, 5.41) is 3.02. The molecule has 5 rings (SSSR count). The molecule has 0 radical (unpaired) electrons. The standard InChI is InChI=1S/C24H22FN3O2S/c25-18-3-6-21-22(12-26-23(21)11-18)16-7-9-28(10-8-16)24(29)17-1-4-20(5-2-17)30-13-19-14-31-15-27-19/h1-6,11-12,14-16,26H,7-10,13H2. The van der Waals surface area contributed by atoms with Crippen molar-refractivity contribution in [3.8, 4) is 5.75 Å². The maximum Gasteiger partial charge on any atom is 0.253 e. The number of rotatable bonds is 5. The van der Waals surface area contributed by atoms with Gasteiger partial charge in [-0.1, -0.05) is 0 Å². The first-order valence-electron chi connectivity index (χ1n) is 10.3. The highest BCUT2D eigenvalue weighted by atomic mass is 32.1. The van der Waals surface area contributed by atoms with Crippen LogP contribution in [0.2, 0.25) is 0 Å². The zero-order valence-corrected chi connectivity index (χ0v) is 17.7. The second-order valence-electron chi connectivity index (χ2n) is 7.79. The molecular weight excluding hydrogens is 413 g/mol. The number of hydrogen-bond donors (Lipinski definition) is 1. The molecule has 2 aromatic carbocycles. The molecule has 31 heavy (non-hydrogen) atoms. The molecule has 0 unspecified atom stereocenters. The Bertz CT molecular complexity index is 1180. The number of carbonyl (C=O) groups excluding carboxylic acids is 1. The summed E-state index contributed by atoms with van der Waals surface area (Å²) < 4.78 is 19.2. The normalized spacial score (nSPS) is 14.8. The molecule has 1 amide bonds. The van der Waals surface area contributed by atoms with E-state index in [1.54, 1.807) is 5.51 Å². The number of halogens is 1. The van der Waals surface area contributed by atoms with Gasteiger partial charge in [0.05, 0.1) is 11.2 Å². The first-order chi connectivity index (χ1) is 15.2. The van der Waals surface area contributed by atoms with Crippen molar-refractivity contribution in [1.82, 2.24) is 14.9 Å². The summed E-state index contributed by atoms with van der Waals surface area (Å²) in [4.78, 5) is 22.2. The lowest BCUT2D eigenvalue weighted by atomic mass is 9.89. The summed E-state index contributed by atoms with van der Waals surface area (Å²) in [7, 11) is 0. The van der Waals surface area contributed by atoms with E-state index in [1.165, 1.54) is 29.0 Å². The number of amides is 1. The fourth-order valence-corrected chi connectivity index (χ4v) is 4.74. The maximum atomic E-state index is 13.4. The summed E-state index contributed by atoms with van der Waals surface area (Å²) >= 11 is 1.54. The topological polar surface area (TPSA) is 58.2 Å². The first kappa shape index (κ1) is 19.8. The van der Waals surface area contributed by atoms with E-state index in [2.05, 4.69) is 9.97 Å². The second-order valence-corrected chi connectivity index (χ2v) is 8.51. The molecular formula is C24H22FN3O2S. The molecule has 2 aromatic heterocycles. The third-order valence-electron chi connectivity index (χ3n) is 5.87. The van der Waals surface area contributed by atoms with Crippen LogP contribution < -0.4 is 4.74 Å². The van der Waals surface area contributed by atoms with Crippen molar-refractivity contribution in [2.45, 2.75) is 25.4 Å². The molecule has 0 bridgehead atoms. The predicted molar refractivity (Wildman–Crippen MR) is 119 cm³/mol. The molecule has 1 N–H and O–H groups in total. The quantitative estimate of drug-likeness (QED) is 0.459. The second kappa shape index (κ2) is 8.51. The maximum absolute atomic E-state index is 13.4. The van der Waals surface area contributed by atoms with Crippen LogP contribution in [0, 0.1) is 5.82 Å². The van der Waals surface area contributed by atoms with Crippen molar-refractivity contribution in [2.24, 2.45) is 0 Å². The van der Waals surface area contributed by atoms with E-state index in [4.69, 9.17) is 4.74 Å². The van der Waals surface area contributed by atoms with Gasteiger partial charge in [0, 0.05) is 41.1 Å². The first-order valence-corrected chi connectivity index (χ1v) is 11.3. The fraction of sp³-hybridized carbons (Fsp3) is 0.250. The number of benzene rings is 2. The van der Waals surface area contributed by atoms with E-state index >= 15 is 0 Å². The Morgan fingerprint density at radius 2 is 2.00 bits per heavy atom. The van der Waals surface area contributed by atoms with Gasteiger partial charge >= 0.3 is 0 Å². The lowest BCUT2D eigenvalue weighted by molar-refractivity contribution is 0.0713. The molecule has 4 aromatic rings. The Balaban J connectivity index is 1.19. The molecule has 1 saturated heterocycles. The van der Waals surface area contributed by atoms with Crippen molar-refractivity contribution in [2.75, 3.05) is 13.1 Å². The third-order valence-corrected chi connectivity index (χ3v) is 6.50. The van der Waals surface area contributed by atoms with Gasteiger partial charge in [0.15, 0.2) is 0 Å². The number of H-pyrrole nitrogens is 1. The number of carbonyl (C=O) groups is 1. The highest BCUT2D eigenvalue weighted by molar-refractivity contribution is 7.07. The van der Waals surface area contributed by atoms with Crippen LogP contribution in [0.25, 0.3) is 10.9 Å². The predicted octanol–water partition coefficient (Wildman–Crippen LogP) is 5.36. The number of aromatic nitrogens is 2. The Hall–Kier alpha value is -3.19. The minimum absolute atomic E-state index is 0.0468. The van der Waals surface area contributed by atoms with Crippen molar-refractivity contribution >= 4 is 28.1 Å². The van der Waals surface area contributed by atoms with Crippen molar-refractivity contribution < 1.29 is 13.9 Å². The molecule has 1 fully saturated rings. The van der Waals surface area contributed by atoms with Gasteiger partial charge in [-0.2, -0.15) is 0 Å². The molecule has 0 atom stereocenters. The van der Waals surface area contributed by atoms with Crippen LogP contribution in [0.5, 0.6) is 5.75 Å². The van der Waals surface area contributed by atoms with E-state index < -0.39 is 0 Å². The fourth-order valence-electron chi connectivity index (χ4n) is 4.19. The number of fused-ring (bicyclic) bond motifs is 1. The van der Waals surface area contributed by atoms with Crippen LogP contribution >= 0.6 is 11.3 Å². The van der Waals surface area contributed by atoms with Gasteiger partial charge in [0.25, 0.3) is 5.91 Å². The van der Waals surface area contributed by atoms with E-state index in [-0.39, 0.29) is 11.7 Å². The van der Waals surface area contributed by atoms with Gasteiger partial charge in [-0.05, 0) is 66.8 Å². The van der Waals surface area contributed by atoms with Crippen LogP contribution in [-0.4, -0.2) is 33.9 Å². The Kier molecular flexibility index (Phi) is 5.42. The molecule has 0 aliphatic carbocycles. The molecule has 1 aliphatic heterocycles. The lowest BCUT2D eigenvalue weighted by Crippen LogP contribution is -2.37. The average molecular weight is 436 g/mol. The van der Waals surface area contributed by atoms with E-state index in [1.807, 2.05) is 46.8 Å². The molecule has 0 spiro atoms. The Morgan fingerprint density at radius 1 is 1.19 bits per heavy atom. The van der Waals surface area contributed by atoms with Gasteiger partial charge in [0.1, 0.15) is 18.2 Å². The monoisotopic (exact) mass is 435 g/mol. The zero-order chi connectivity index (χ0) is 21.2. The SMILES string of the molecule is O=C(c1ccc(OCc2cscn2)cc1)N1CCC(c2c[nH]c3cc(F)ccc23)CC1. The van der Waals surface area contributed by atoms with Crippen molar-refractivity contribution in [3.63, 3.8) is 0 Å². The summed E-state index contributed by atoms with van der Waals surface area (Å²) in [6, 6.07) is 12.2. The number of piperidine rings is 1. The third kappa shape index (κ3) is 4.18. The number of likely N-dealkylation sites (tertiary alicyclic amines) is 1. The average Bonchev–Trinajstić information content (AvgIpc) is 3.47. The minimum Gasteiger partial charge on any atom is -0.487 e. The van der Waals surface area contributed by atoms with Crippen LogP contribution in [-0.2, 0) is 6.61 Å². The highest BCUT2D eigenvalue weighted by Gasteiger charge is 2.26. The van der Waals surface area contributed by atoms with Crippen LogP contribution in [0.1, 0.15) is 40.4 Å². The van der Waals surface area contributed by atoms with Crippen LogP contribution in [0.3, 0.4) is 0 Å². The van der Waals surface area contributed by atoms with Crippen LogP contribution in [0.15, 0.2) is 59.6 Å². The molecule has 158 valence electrons. The van der Waals surface area contributed by atoms with E-state index in [0.29, 0.717) is 31.2 Å². The Morgan fingerprint density at radius 3 is 2.74 bits per heavy atom. The largest absolute Gasteiger partial charge is 0.487 e. The molecule has 3 heterocycles. The van der Waals surface area contributed by atoms with E-state index in [9.17, 15) is 9.18 Å². The summed E-state index contributed by atoms with van der Waals surface area (Å²) in [5.74, 6) is 0.898. The van der Waals surface area contributed by atoms with Gasteiger partial charge < -0.3 is 14.6 Å². The van der Waals surface area contributed by atoms with Gasteiger partial charge in [-0.25, -0.2) is 9.37 Å². The molecule has 1 aliphatic rings. The van der Waals surface area contributed by atoms with E-state index in [0.717, 1.165) is 35.2 Å². The minimum atomic E-state index is -0.235. The lowest BCUT2D eigenvalue weighted by Gasteiger charge is -2.32. The summed E-state index contributed by atoms with van der Waals surface area (Å²) in [6.07, 6.45) is 3.77. The van der Waals surface area contributed by atoms with Gasteiger partial charge in [-0.3, -0.25) is 4.79 Å². The smallest absolute Gasteiger partial charge is 0.253 e.